The number of aryl methyl sites for hydroxylation is 3. The summed E-state index contributed by atoms with van der Waals surface area (Å²) in [6, 6.07) is 9.17. The maximum atomic E-state index is 12.5. The lowest BCUT2D eigenvalue weighted by Crippen LogP contribution is -2.07. The molecule has 3 heteroatoms. The van der Waals surface area contributed by atoms with Gasteiger partial charge in [-0.3, -0.25) is 9.78 Å². The van der Waals surface area contributed by atoms with Crippen molar-refractivity contribution in [2.75, 3.05) is 7.11 Å². The number of pyridine rings is 1. The predicted molar refractivity (Wildman–Crippen MR) is 74.9 cm³/mol. The van der Waals surface area contributed by atoms with E-state index in [2.05, 4.69) is 4.98 Å². The summed E-state index contributed by atoms with van der Waals surface area (Å²) < 4.78 is 5.15. The molecule has 0 aliphatic heterocycles. The lowest BCUT2D eigenvalue weighted by molar-refractivity contribution is 0.103. The highest BCUT2D eigenvalue weighted by Gasteiger charge is 2.15. The largest absolute Gasteiger partial charge is 0.497 e. The van der Waals surface area contributed by atoms with E-state index in [0.717, 1.165) is 22.7 Å². The van der Waals surface area contributed by atoms with Crippen LogP contribution in [0.1, 0.15) is 32.9 Å². The molecule has 3 nitrogen and oxygen atoms in total. The molecule has 0 atom stereocenters. The van der Waals surface area contributed by atoms with Crippen LogP contribution < -0.4 is 4.74 Å². The van der Waals surface area contributed by atoms with Gasteiger partial charge in [-0.1, -0.05) is 0 Å². The minimum atomic E-state index is 0.00477. The van der Waals surface area contributed by atoms with E-state index >= 15 is 0 Å². The van der Waals surface area contributed by atoms with Crippen LogP contribution in [0, 0.1) is 20.8 Å². The van der Waals surface area contributed by atoms with Crippen LogP contribution in [0.4, 0.5) is 0 Å². The molecule has 1 heterocycles. The fourth-order valence-corrected chi connectivity index (χ4v) is 2.09. The molecule has 19 heavy (non-hydrogen) atoms. The third-order valence-corrected chi connectivity index (χ3v) is 3.15. The molecule has 0 amide bonds. The molecular formula is C16H17NO2. The monoisotopic (exact) mass is 255 g/mol. The number of ketones is 1. The van der Waals surface area contributed by atoms with E-state index in [-0.39, 0.29) is 5.78 Å². The topological polar surface area (TPSA) is 39.2 Å². The highest BCUT2D eigenvalue weighted by molar-refractivity contribution is 6.10. The molecule has 0 aliphatic carbocycles. The van der Waals surface area contributed by atoms with E-state index in [1.165, 1.54) is 0 Å². The molecule has 0 radical (unpaired) electrons. The van der Waals surface area contributed by atoms with Gasteiger partial charge in [-0.05, 0) is 56.7 Å². The number of rotatable bonds is 3. The van der Waals surface area contributed by atoms with E-state index in [1.807, 2.05) is 39.0 Å². The Morgan fingerprint density at radius 1 is 1.05 bits per heavy atom. The summed E-state index contributed by atoms with van der Waals surface area (Å²) in [4.78, 5) is 16.9. The van der Waals surface area contributed by atoms with E-state index in [9.17, 15) is 4.79 Å². The summed E-state index contributed by atoms with van der Waals surface area (Å²) in [5, 5.41) is 0. The lowest BCUT2D eigenvalue weighted by Gasteiger charge is -2.09. The Balaban J connectivity index is 2.44. The van der Waals surface area contributed by atoms with Gasteiger partial charge in [0.2, 0.25) is 0 Å². The van der Waals surface area contributed by atoms with Crippen LogP contribution in [0.2, 0.25) is 0 Å². The second kappa shape index (κ2) is 5.22. The number of carbonyl (C=O) groups is 1. The molecule has 2 rings (SSSR count). The van der Waals surface area contributed by atoms with Crippen molar-refractivity contribution in [3.63, 3.8) is 0 Å². The minimum Gasteiger partial charge on any atom is -0.497 e. The fraction of sp³-hybridized carbons (Fsp3) is 0.250. The van der Waals surface area contributed by atoms with E-state index < -0.39 is 0 Å². The molecule has 0 bridgehead atoms. The first kappa shape index (κ1) is 13.3. The number of aromatic nitrogens is 1. The Bertz CT molecular complexity index is 633. The molecule has 1 aromatic heterocycles. The van der Waals surface area contributed by atoms with Crippen LogP contribution in [-0.2, 0) is 0 Å². The van der Waals surface area contributed by atoms with Crippen molar-refractivity contribution < 1.29 is 9.53 Å². The van der Waals surface area contributed by atoms with Crippen LogP contribution in [0.3, 0.4) is 0 Å². The van der Waals surface area contributed by atoms with Crippen molar-refractivity contribution in [1.82, 2.24) is 4.98 Å². The van der Waals surface area contributed by atoms with Gasteiger partial charge in [0.25, 0.3) is 0 Å². The van der Waals surface area contributed by atoms with Crippen LogP contribution in [-0.4, -0.2) is 17.9 Å². The third-order valence-electron chi connectivity index (χ3n) is 3.15. The number of hydrogen-bond acceptors (Lipinski definition) is 3. The van der Waals surface area contributed by atoms with Crippen molar-refractivity contribution >= 4 is 5.78 Å². The molecule has 0 aliphatic rings. The molecule has 0 unspecified atom stereocenters. The molecule has 0 saturated carbocycles. The Labute approximate surface area is 113 Å². The maximum absolute atomic E-state index is 12.5. The number of nitrogens with zero attached hydrogens (tertiary/aromatic N) is 1. The molecule has 0 fully saturated rings. The molecule has 1 aromatic carbocycles. The van der Waals surface area contributed by atoms with Gasteiger partial charge < -0.3 is 4.74 Å². The molecule has 0 saturated heterocycles. The van der Waals surface area contributed by atoms with Crippen LogP contribution >= 0.6 is 0 Å². The number of methoxy groups -OCH3 is 1. The number of benzene rings is 1. The van der Waals surface area contributed by atoms with Crippen molar-refractivity contribution in [2.45, 2.75) is 20.8 Å². The zero-order valence-corrected chi connectivity index (χ0v) is 11.7. The summed E-state index contributed by atoms with van der Waals surface area (Å²) in [6.45, 7) is 5.69. The first-order valence-electron chi connectivity index (χ1n) is 6.16. The standard InChI is InChI=1S/C16H17NO2/c1-10-9-13(19-4)6-8-14(10)16(18)15-7-5-11(2)17-12(15)3/h5-9H,1-4H3. The lowest BCUT2D eigenvalue weighted by atomic mass is 9.98. The smallest absolute Gasteiger partial charge is 0.195 e. The van der Waals surface area contributed by atoms with Crippen molar-refractivity contribution in [2.24, 2.45) is 0 Å². The second-order valence-electron chi connectivity index (χ2n) is 4.60. The highest BCUT2D eigenvalue weighted by atomic mass is 16.5. The first-order valence-corrected chi connectivity index (χ1v) is 6.16. The van der Waals surface area contributed by atoms with E-state index in [1.54, 1.807) is 19.2 Å². The number of hydrogen-bond donors (Lipinski definition) is 0. The van der Waals surface area contributed by atoms with Gasteiger partial charge in [0.1, 0.15) is 5.75 Å². The van der Waals surface area contributed by atoms with Gasteiger partial charge in [-0.15, -0.1) is 0 Å². The predicted octanol–water partition coefficient (Wildman–Crippen LogP) is 3.25. The normalized spacial score (nSPS) is 10.3. The second-order valence-corrected chi connectivity index (χ2v) is 4.60. The summed E-state index contributed by atoms with van der Waals surface area (Å²) in [7, 11) is 1.62. The molecule has 2 aromatic rings. The Morgan fingerprint density at radius 2 is 1.74 bits per heavy atom. The molecule has 98 valence electrons. The Morgan fingerprint density at radius 3 is 2.32 bits per heavy atom. The molecule has 0 spiro atoms. The van der Waals surface area contributed by atoms with Gasteiger partial charge in [-0.2, -0.15) is 0 Å². The fourth-order valence-electron chi connectivity index (χ4n) is 2.09. The van der Waals surface area contributed by atoms with Crippen LogP contribution in [0.25, 0.3) is 0 Å². The van der Waals surface area contributed by atoms with Gasteiger partial charge in [0, 0.05) is 22.5 Å². The van der Waals surface area contributed by atoms with Crippen molar-refractivity contribution in [1.29, 1.82) is 0 Å². The zero-order valence-electron chi connectivity index (χ0n) is 11.7. The van der Waals surface area contributed by atoms with Gasteiger partial charge in [0.05, 0.1) is 7.11 Å². The zero-order chi connectivity index (χ0) is 14.0. The SMILES string of the molecule is COc1ccc(C(=O)c2ccc(C)nc2C)c(C)c1. The first-order chi connectivity index (χ1) is 9.02. The minimum absolute atomic E-state index is 0.00477. The van der Waals surface area contributed by atoms with Crippen molar-refractivity contribution in [3.8, 4) is 5.75 Å². The summed E-state index contributed by atoms with van der Waals surface area (Å²) in [5.74, 6) is 0.762. The molecule has 0 N–H and O–H groups in total. The summed E-state index contributed by atoms with van der Waals surface area (Å²) in [5.41, 5.74) is 3.93. The van der Waals surface area contributed by atoms with E-state index in [4.69, 9.17) is 4.74 Å². The Hall–Kier alpha value is -2.16. The van der Waals surface area contributed by atoms with Gasteiger partial charge in [0.15, 0.2) is 5.78 Å². The summed E-state index contributed by atoms with van der Waals surface area (Å²) >= 11 is 0. The maximum Gasteiger partial charge on any atom is 0.195 e. The summed E-state index contributed by atoms with van der Waals surface area (Å²) in [6.07, 6.45) is 0. The van der Waals surface area contributed by atoms with E-state index in [0.29, 0.717) is 11.1 Å². The van der Waals surface area contributed by atoms with Crippen molar-refractivity contribution in [3.05, 3.63) is 58.4 Å². The van der Waals surface area contributed by atoms with Gasteiger partial charge >= 0.3 is 0 Å². The molecular weight excluding hydrogens is 238 g/mol. The average molecular weight is 255 g/mol. The Kier molecular flexibility index (Phi) is 3.65. The van der Waals surface area contributed by atoms with Crippen LogP contribution in [0.15, 0.2) is 30.3 Å². The third kappa shape index (κ3) is 2.65. The quantitative estimate of drug-likeness (QED) is 0.790. The van der Waals surface area contributed by atoms with Crippen LogP contribution in [0.5, 0.6) is 5.75 Å². The number of ether oxygens (including phenoxy) is 1. The highest BCUT2D eigenvalue weighted by Crippen LogP contribution is 2.20. The number of carbonyl (C=O) groups excluding carboxylic acids is 1. The van der Waals surface area contributed by atoms with Gasteiger partial charge in [-0.25, -0.2) is 0 Å². The average Bonchev–Trinajstić information content (AvgIpc) is 2.37.